The molecule has 1 N–H and O–H groups in total. The van der Waals surface area contributed by atoms with Crippen molar-refractivity contribution in [2.24, 2.45) is 0 Å². The monoisotopic (exact) mass is 508 g/mol. The number of nitrogens with one attached hydrogen (secondary N) is 1. The van der Waals surface area contributed by atoms with Gasteiger partial charge in [-0.3, -0.25) is 19.8 Å². The zero-order chi connectivity index (χ0) is 25.7. The summed E-state index contributed by atoms with van der Waals surface area (Å²) >= 11 is 5.97. The van der Waals surface area contributed by atoms with Gasteiger partial charge in [0, 0.05) is 16.6 Å². The zero-order valence-corrected chi connectivity index (χ0v) is 21.0. The Bertz CT molecular complexity index is 1200. The lowest BCUT2D eigenvalue weighted by Gasteiger charge is -2.35. The molecule has 1 saturated carbocycles. The Labute approximate surface area is 215 Å². The highest BCUT2D eigenvalue weighted by Crippen LogP contribution is 2.35. The average Bonchev–Trinajstić information content (AvgIpc) is 2.87. The van der Waals surface area contributed by atoms with Gasteiger partial charge in [0.05, 0.1) is 7.11 Å². The first-order valence-corrected chi connectivity index (χ1v) is 12.4. The number of methoxy groups -OCH3 is 1. The Kier molecular flexibility index (Phi) is 8.10. The minimum atomic E-state index is -0.704. The van der Waals surface area contributed by atoms with Crippen molar-refractivity contribution >= 4 is 35.5 Å². The lowest BCUT2D eigenvalue weighted by molar-refractivity contribution is -0.132. The summed E-state index contributed by atoms with van der Waals surface area (Å²) in [4.78, 5) is 39.6. The van der Waals surface area contributed by atoms with Gasteiger partial charge < -0.3 is 9.47 Å². The van der Waals surface area contributed by atoms with E-state index in [1.165, 1.54) is 18.1 Å². The fourth-order valence-electron chi connectivity index (χ4n) is 4.63. The summed E-state index contributed by atoms with van der Waals surface area (Å²) in [7, 11) is 1.53. The summed E-state index contributed by atoms with van der Waals surface area (Å²) in [6, 6.07) is 10.0. The van der Waals surface area contributed by atoms with E-state index in [-0.39, 0.29) is 11.6 Å². The number of allylic oxidation sites excluding steroid dienone is 1. The lowest BCUT2D eigenvalue weighted by Crippen LogP contribution is -2.58. The number of ether oxygens (including phenoxy) is 2. The highest BCUT2D eigenvalue weighted by molar-refractivity contribution is 6.31. The molecule has 1 saturated heterocycles. The van der Waals surface area contributed by atoms with Crippen molar-refractivity contribution < 1.29 is 23.9 Å². The molecule has 8 heteroatoms. The molecule has 0 atom stereocenters. The second-order valence-corrected chi connectivity index (χ2v) is 9.34. The molecule has 2 aromatic rings. The Morgan fingerprint density at radius 2 is 1.83 bits per heavy atom. The number of nitrogens with zero attached hydrogens (tertiary/aromatic N) is 1. The number of benzene rings is 2. The van der Waals surface area contributed by atoms with Crippen LogP contribution >= 0.6 is 11.6 Å². The highest BCUT2D eigenvalue weighted by Gasteiger charge is 2.40. The van der Waals surface area contributed by atoms with E-state index in [4.69, 9.17) is 21.1 Å². The molecule has 1 aliphatic carbocycles. The van der Waals surface area contributed by atoms with Gasteiger partial charge in [-0.05, 0) is 60.7 Å². The Morgan fingerprint density at radius 3 is 2.50 bits per heavy atom. The number of barbiturate groups is 1. The third-order valence-electron chi connectivity index (χ3n) is 6.42. The fraction of sp³-hybridized carbons (Fsp3) is 0.321. The molecule has 2 aliphatic rings. The largest absolute Gasteiger partial charge is 0.493 e. The van der Waals surface area contributed by atoms with Crippen LogP contribution in [-0.4, -0.2) is 35.9 Å². The van der Waals surface area contributed by atoms with Crippen LogP contribution in [0.3, 0.4) is 0 Å². The van der Waals surface area contributed by atoms with E-state index in [9.17, 15) is 14.4 Å². The lowest BCUT2D eigenvalue weighted by atomic mass is 9.93. The molecule has 4 amide bonds. The van der Waals surface area contributed by atoms with Crippen LogP contribution in [0, 0.1) is 0 Å². The minimum absolute atomic E-state index is 0.0818. The van der Waals surface area contributed by atoms with E-state index in [1.807, 2.05) is 18.2 Å². The van der Waals surface area contributed by atoms with E-state index in [2.05, 4.69) is 11.9 Å². The van der Waals surface area contributed by atoms with Crippen molar-refractivity contribution in [1.29, 1.82) is 0 Å². The quantitative estimate of drug-likeness (QED) is 0.291. The molecule has 188 valence electrons. The molecule has 2 fully saturated rings. The Morgan fingerprint density at radius 1 is 1.11 bits per heavy atom. The van der Waals surface area contributed by atoms with Gasteiger partial charge in [-0.1, -0.05) is 49.1 Å². The summed E-state index contributed by atoms with van der Waals surface area (Å²) in [5, 5.41) is 2.97. The van der Waals surface area contributed by atoms with Crippen molar-refractivity contribution in [3.63, 3.8) is 0 Å². The van der Waals surface area contributed by atoms with Crippen molar-refractivity contribution in [2.75, 3.05) is 7.11 Å². The van der Waals surface area contributed by atoms with Gasteiger partial charge in [-0.15, -0.1) is 6.58 Å². The number of carbonyl (C=O) groups is 3. The van der Waals surface area contributed by atoms with Crippen LogP contribution in [0.5, 0.6) is 11.5 Å². The molecular weight excluding hydrogens is 480 g/mol. The van der Waals surface area contributed by atoms with Crippen molar-refractivity contribution in [3.8, 4) is 11.5 Å². The first kappa shape index (κ1) is 25.5. The zero-order valence-electron chi connectivity index (χ0n) is 20.2. The predicted molar refractivity (Wildman–Crippen MR) is 138 cm³/mol. The van der Waals surface area contributed by atoms with Gasteiger partial charge in [0.2, 0.25) is 0 Å². The Hall–Kier alpha value is -3.58. The maximum Gasteiger partial charge on any atom is 0.331 e. The van der Waals surface area contributed by atoms with E-state index in [0.717, 1.165) is 43.2 Å². The average molecular weight is 509 g/mol. The van der Waals surface area contributed by atoms with Crippen molar-refractivity contribution in [3.05, 3.63) is 76.3 Å². The van der Waals surface area contributed by atoms with Gasteiger partial charge in [-0.2, -0.15) is 0 Å². The third-order valence-corrected chi connectivity index (χ3v) is 6.67. The molecule has 2 aromatic carbocycles. The maximum absolute atomic E-state index is 13.3. The fourth-order valence-corrected chi connectivity index (χ4v) is 4.76. The van der Waals surface area contributed by atoms with Crippen LogP contribution < -0.4 is 14.8 Å². The number of hydrogen-bond donors (Lipinski definition) is 1. The second kappa shape index (κ2) is 11.4. The number of rotatable bonds is 8. The van der Waals surface area contributed by atoms with Gasteiger partial charge >= 0.3 is 6.03 Å². The Balaban J connectivity index is 1.65. The number of urea groups is 1. The molecule has 0 radical (unpaired) electrons. The molecule has 36 heavy (non-hydrogen) atoms. The van der Waals surface area contributed by atoms with E-state index in [1.54, 1.807) is 24.3 Å². The molecule has 1 aliphatic heterocycles. The van der Waals surface area contributed by atoms with Crippen molar-refractivity contribution in [2.45, 2.75) is 51.2 Å². The third kappa shape index (κ3) is 5.62. The van der Waals surface area contributed by atoms with Crippen LogP contribution in [-0.2, 0) is 22.6 Å². The molecule has 4 rings (SSSR count). The van der Waals surface area contributed by atoms with Gasteiger partial charge in [-0.25, -0.2) is 4.79 Å². The van der Waals surface area contributed by atoms with Gasteiger partial charge in [0.1, 0.15) is 12.2 Å². The summed E-state index contributed by atoms with van der Waals surface area (Å²) in [6.07, 6.45) is 8.20. The predicted octanol–water partition coefficient (Wildman–Crippen LogP) is 5.45. The molecule has 0 bridgehead atoms. The molecule has 0 unspecified atom stereocenters. The summed E-state index contributed by atoms with van der Waals surface area (Å²) in [5.41, 5.74) is 2.23. The second-order valence-electron chi connectivity index (χ2n) is 8.90. The molecule has 0 spiro atoms. The van der Waals surface area contributed by atoms with Crippen LogP contribution in [0.2, 0.25) is 5.02 Å². The van der Waals surface area contributed by atoms with Crippen LogP contribution in [0.25, 0.3) is 6.08 Å². The van der Waals surface area contributed by atoms with Crippen LogP contribution in [0.4, 0.5) is 4.79 Å². The topological polar surface area (TPSA) is 84.9 Å². The van der Waals surface area contributed by atoms with Gasteiger partial charge in [0.15, 0.2) is 11.5 Å². The number of halogens is 1. The summed E-state index contributed by atoms with van der Waals surface area (Å²) in [6.45, 7) is 4.13. The normalized spacial score (nSPS) is 17.8. The highest BCUT2D eigenvalue weighted by atomic mass is 35.5. The summed E-state index contributed by atoms with van der Waals surface area (Å²) in [5.74, 6) is -0.265. The van der Waals surface area contributed by atoms with E-state index in [0.29, 0.717) is 35.1 Å². The standard InChI is InChI=1S/C28H29ClN2O5/c1-3-7-20-14-19(16-24(35-2)25(20)36-17-18-10-12-21(29)13-11-18)15-23-26(32)30-28(34)31(27(23)33)22-8-5-4-6-9-22/h3,10-16,22H,1,4-9,17H2,2H3,(H,30,32,34). The first-order chi connectivity index (χ1) is 17.4. The smallest absolute Gasteiger partial charge is 0.331 e. The van der Waals surface area contributed by atoms with Crippen LogP contribution in [0.15, 0.2) is 54.6 Å². The van der Waals surface area contributed by atoms with E-state index >= 15 is 0 Å². The van der Waals surface area contributed by atoms with Crippen molar-refractivity contribution in [1.82, 2.24) is 10.2 Å². The SMILES string of the molecule is C=CCc1cc(C=C2C(=O)NC(=O)N(C3CCCCC3)C2=O)cc(OC)c1OCc1ccc(Cl)cc1. The number of hydrogen-bond acceptors (Lipinski definition) is 5. The number of carbonyl (C=O) groups excluding carboxylic acids is 3. The molecular formula is C28H29ClN2O5. The molecule has 0 aromatic heterocycles. The van der Waals surface area contributed by atoms with Crippen LogP contribution in [0.1, 0.15) is 48.8 Å². The number of imide groups is 2. The van der Waals surface area contributed by atoms with E-state index < -0.39 is 17.8 Å². The minimum Gasteiger partial charge on any atom is -0.493 e. The molecule has 1 heterocycles. The number of amides is 4. The maximum atomic E-state index is 13.3. The summed E-state index contributed by atoms with van der Waals surface area (Å²) < 4.78 is 11.7. The molecule has 7 nitrogen and oxygen atoms in total. The first-order valence-electron chi connectivity index (χ1n) is 12.0. The van der Waals surface area contributed by atoms with Gasteiger partial charge in [0.25, 0.3) is 11.8 Å².